The first-order valence-corrected chi connectivity index (χ1v) is 7.56. The van der Waals surface area contributed by atoms with E-state index in [1.54, 1.807) is 11.3 Å². The van der Waals surface area contributed by atoms with Crippen LogP contribution in [0.15, 0.2) is 0 Å². The molecule has 0 amide bonds. The van der Waals surface area contributed by atoms with Gasteiger partial charge in [-0.1, -0.05) is 6.92 Å². The number of hydrogen-bond acceptors (Lipinski definition) is 4. The van der Waals surface area contributed by atoms with E-state index in [-0.39, 0.29) is 5.69 Å². The lowest BCUT2D eigenvalue weighted by Gasteiger charge is -2.10. The Balaban J connectivity index is 2.27. The van der Waals surface area contributed by atoms with E-state index in [1.807, 2.05) is 6.92 Å². The minimum Gasteiger partial charge on any atom is -0.476 e. The first-order chi connectivity index (χ1) is 9.20. The number of carbonyl (C=O) groups is 1. The van der Waals surface area contributed by atoms with Gasteiger partial charge in [0.2, 0.25) is 0 Å². The van der Waals surface area contributed by atoms with Crippen LogP contribution in [0.1, 0.15) is 52.9 Å². The largest absolute Gasteiger partial charge is 0.476 e. The molecule has 1 aliphatic rings. The summed E-state index contributed by atoms with van der Waals surface area (Å²) in [4.78, 5) is 22.5. The third-order valence-electron chi connectivity index (χ3n) is 3.54. The van der Waals surface area contributed by atoms with Crippen molar-refractivity contribution in [3.05, 3.63) is 22.0 Å². The van der Waals surface area contributed by atoms with Crippen LogP contribution in [-0.4, -0.2) is 21.0 Å². The molecule has 0 radical (unpaired) electrons. The van der Waals surface area contributed by atoms with Crippen molar-refractivity contribution in [3.63, 3.8) is 0 Å². The Morgan fingerprint density at radius 1 is 1.32 bits per heavy atom. The number of thiophene rings is 1. The van der Waals surface area contributed by atoms with Crippen LogP contribution in [0.4, 0.5) is 0 Å². The van der Waals surface area contributed by atoms with Gasteiger partial charge in [-0.05, 0) is 37.7 Å². The van der Waals surface area contributed by atoms with E-state index in [1.165, 1.54) is 16.9 Å². The molecule has 0 saturated carbocycles. The van der Waals surface area contributed by atoms with E-state index in [9.17, 15) is 9.90 Å². The van der Waals surface area contributed by atoms with Gasteiger partial charge in [0.15, 0.2) is 5.69 Å². The van der Waals surface area contributed by atoms with Crippen molar-refractivity contribution < 1.29 is 9.90 Å². The van der Waals surface area contributed by atoms with Gasteiger partial charge in [0.25, 0.3) is 0 Å². The molecule has 0 aromatic carbocycles. The average molecular weight is 276 g/mol. The molecule has 1 aliphatic carbocycles. The average Bonchev–Trinajstić information content (AvgIpc) is 2.76. The first-order valence-electron chi connectivity index (χ1n) is 6.75. The summed E-state index contributed by atoms with van der Waals surface area (Å²) in [5, 5.41) is 10.2. The smallest absolute Gasteiger partial charge is 0.355 e. The van der Waals surface area contributed by atoms with Gasteiger partial charge in [-0.2, -0.15) is 0 Å². The van der Waals surface area contributed by atoms with E-state index in [4.69, 9.17) is 0 Å². The summed E-state index contributed by atoms with van der Waals surface area (Å²) in [6.45, 7) is 2.05. The summed E-state index contributed by atoms with van der Waals surface area (Å²) < 4.78 is 0. The summed E-state index contributed by atoms with van der Waals surface area (Å²) in [6.07, 6.45) is 6.01. The van der Waals surface area contributed by atoms with Crippen LogP contribution in [0.2, 0.25) is 0 Å². The highest BCUT2D eigenvalue weighted by atomic mass is 32.1. The highest BCUT2D eigenvalue weighted by Gasteiger charge is 2.23. The van der Waals surface area contributed by atoms with Crippen molar-refractivity contribution in [3.8, 4) is 0 Å². The molecule has 0 fully saturated rings. The maximum Gasteiger partial charge on any atom is 0.355 e. The summed E-state index contributed by atoms with van der Waals surface area (Å²) in [5.74, 6) is -0.276. The molecule has 2 aromatic heterocycles. The molecule has 2 heterocycles. The normalized spacial score (nSPS) is 14.6. The zero-order valence-electron chi connectivity index (χ0n) is 10.9. The highest BCUT2D eigenvalue weighted by Crippen LogP contribution is 2.36. The molecule has 0 atom stereocenters. The Morgan fingerprint density at radius 3 is 2.84 bits per heavy atom. The van der Waals surface area contributed by atoms with Crippen molar-refractivity contribution in [1.82, 2.24) is 9.97 Å². The van der Waals surface area contributed by atoms with Gasteiger partial charge in [0.05, 0.1) is 0 Å². The highest BCUT2D eigenvalue weighted by molar-refractivity contribution is 7.18. The van der Waals surface area contributed by atoms with Gasteiger partial charge < -0.3 is 5.11 Å². The number of aromatic nitrogens is 2. The van der Waals surface area contributed by atoms with Crippen molar-refractivity contribution in [1.29, 1.82) is 0 Å². The third kappa shape index (κ3) is 2.12. The van der Waals surface area contributed by atoms with Crippen LogP contribution < -0.4 is 0 Å². The zero-order chi connectivity index (χ0) is 13.4. The van der Waals surface area contributed by atoms with E-state index in [0.717, 1.165) is 42.3 Å². The quantitative estimate of drug-likeness (QED) is 0.935. The molecule has 0 spiro atoms. The van der Waals surface area contributed by atoms with E-state index in [2.05, 4.69) is 9.97 Å². The Hall–Kier alpha value is -1.49. The molecule has 4 nitrogen and oxygen atoms in total. The van der Waals surface area contributed by atoms with Crippen LogP contribution in [-0.2, 0) is 19.3 Å². The molecule has 1 N–H and O–H groups in total. The lowest BCUT2D eigenvalue weighted by atomic mass is 9.96. The monoisotopic (exact) mass is 276 g/mol. The molecule has 0 unspecified atom stereocenters. The van der Waals surface area contributed by atoms with Gasteiger partial charge in [-0.25, -0.2) is 14.8 Å². The fourth-order valence-corrected chi connectivity index (χ4v) is 3.97. The minimum absolute atomic E-state index is 0.202. The van der Waals surface area contributed by atoms with Crippen LogP contribution >= 0.6 is 11.3 Å². The fraction of sp³-hybridized carbons (Fsp3) is 0.500. The summed E-state index contributed by atoms with van der Waals surface area (Å²) in [6, 6.07) is 0. The molecular formula is C14H16N2O2S. The predicted molar refractivity (Wildman–Crippen MR) is 75.0 cm³/mol. The molecule has 0 saturated heterocycles. The molecule has 19 heavy (non-hydrogen) atoms. The topological polar surface area (TPSA) is 63.1 Å². The molecule has 0 bridgehead atoms. The standard InChI is InChI=1S/C14H16N2O2S/c1-2-5-10-15-12(14(17)18)11-8-6-3-4-7-9(8)19-13(11)16-10/h2-7H2,1H3,(H,17,18). The molecule has 5 heteroatoms. The maximum atomic E-state index is 11.5. The molecular weight excluding hydrogens is 260 g/mol. The second-order valence-corrected chi connectivity index (χ2v) is 6.02. The van der Waals surface area contributed by atoms with E-state index >= 15 is 0 Å². The van der Waals surface area contributed by atoms with E-state index in [0.29, 0.717) is 5.82 Å². The van der Waals surface area contributed by atoms with Crippen LogP contribution in [0.3, 0.4) is 0 Å². The maximum absolute atomic E-state index is 11.5. The number of aryl methyl sites for hydroxylation is 3. The molecule has 0 aliphatic heterocycles. The number of nitrogens with zero attached hydrogens (tertiary/aromatic N) is 2. The lowest BCUT2D eigenvalue weighted by Crippen LogP contribution is -2.08. The van der Waals surface area contributed by atoms with Crippen LogP contribution in [0.5, 0.6) is 0 Å². The fourth-order valence-electron chi connectivity index (χ4n) is 2.69. The first kappa shape index (κ1) is 12.5. The van der Waals surface area contributed by atoms with Crippen molar-refractivity contribution in [2.75, 3.05) is 0 Å². The van der Waals surface area contributed by atoms with Crippen LogP contribution in [0, 0.1) is 0 Å². The van der Waals surface area contributed by atoms with Crippen molar-refractivity contribution >= 4 is 27.5 Å². The second-order valence-electron chi connectivity index (χ2n) is 4.93. The number of carboxylic acids is 1. The number of rotatable bonds is 3. The van der Waals surface area contributed by atoms with Gasteiger partial charge in [0, 0.05) is 16.7 Å². The number of carboxylic acid groups (broad SMARTS) is 1. The van der Waals surface area contributed by atoms with Crippen molar-refractivity contribution in [2.45, 2.75) is 45.4 Å². The Morgan fingerprint density at radius 2 is 2.11 bits per heavy atom. The minimum atomic E-state index is -0.934. The Bertz CT molecular complexity index is 648. The molecule has 2 aromatic rings. The zero-order valence-corrected chi connectivity index (χ0v) is 11.7. The number of fused-ring (bicyclic) bond motifs is 3. The Kier molecular flexibility index (Phi) is 3.22. The summed E-state index contributed by atoms with van der Waals surface area (Å²) in [5.41, 5.74) is 1.39. The molecule has 100 valence electrons. The lowest BCUT2D eigenvalue weighted by molar-refractivity contribution is 0.0692. The third-order valence-corrected chi connectivity index (χ3v) is 4.72. The molecule has 3 rings (SSSR count). The van der Waals surface area contributed by atoms with Crippen molar-refractivity contribution in [2.24, 2.45) is 0 Å². The number of aromatic carboxylic acids is 1. The van der Waals surface area contributed by atoms with Gasteiger partial charge >= 0.3 is 5.97 Å². The number of hydrogen-bond donors (Lipinski definition) is 1. The SMILES string of the molecule is CCCc1nc(C(=O)O)c2c3c(sc2n1)CCCC3. The Labute approximate surface area is 115 Å². The summed E-state index contributed by atoms with van der Waals surface area (Å²) in [7, 11) is 0. The van der Waals surface area contributed by atoms with Gasteiger partial charge in [-0.3, -0.25) is 0 Å². The van der Waals surface area contributed by atoms with Crippen LogP contribution in [0.25, 0.3) is 10.2 Å². The van der Waals surface area contributed by atoms with Gasteiger partial charge in [0.1, 0.15) is 10.7 Å². The summed E-state index contributed by atoms with van der Waals surface area (Å²) >= 11 is 1.66. The van der Waals surface area contributed by atoms with Gasteiger partial charge in [-0.15, -0.1) is 11.3 Å². The van der Waals surface area contributed by atoms with E-state index < -0.39 is 5.97 Å². The second kappa shape index (κ2) is 4.89. The predicted octanol–water partition coefficient (Wildman–Crippen LogP) is 3.22.